The van der Waals surface area contributed by atoms with Crippen LogP contribution in [0.1, 0.15) is 23.2 Å². The van der Waals surface area contributed by atoms with Crippen molar-refractivity contribution in [2.75, 3.05) is 5.32 Å². The maximum atomic E-state index is 12.2. The highest BCUT2D eigenvalue weighted by Crippen LogP contribution is 2.26. The third-order valence-corrected chi connectivity index (χ3v) is 4.82. The number of amides is 1. The minimum absolute atomic E-state index is 0.00857. The molecule has 0 aliphatic heterocycles. The fourth-order valence-corrected chi connectivity index (χ4v) is 3.17. The van der Waals surface area contributed by atoms with Crippen LogP contribution in [0, 0.1) is 0 Å². The SMILES string of the molecule is O=C(NC1CC1)c1ccc(-c2cnc3c(Nc4ccccc4)nccn23)cc1. The number of hydrogen-bond acceptors (Lipinski definition) is 4. The zero-order chi connectivity index (χ0) is 18.9. The summed E-state index contributed by atoms with van der Waals surface area (Å²) >= 11 is 0. The Hall–Kier alpha value is -3.67. The summed E-state index contributed by atoms with van der Waals surface area (Å²) in [6.07, 6.45) is 7.63. The van der Waals surface area contributed by atoms with Crippen LogP contribution in [0.25, 0.3) is 16.9 Å². The van der Waals surface area contributed by atoms with E-state index in [1.165, 1.54) is 0 Å². The van der Waals surface area contributed by atoms with Gasteiger partial charge in [0.15, 0.2) is 11.5 Å². The van der Waals surface area contributed by atoms with Crippen molar-refractivity contribution in [3.8, 4) is 11.3 Å². The highest BCUT2D eigenvalue weighted by Gasteiger charge is 2.23. The van der Waals surface area contributed by atoms with E-state index < -0.39 is 0 Å². The van der Waals surface area contributed by atoms with Crippen LogP contribution >= 0.6 is 0 Å². The first kappa shape index (κ1) is 16.5. The number of nitrogens with zero attached hydrogens (tertiary/aromatic N) is 3. The van der Waals surface area contributed by atoms with Gasteiger partial charge in [0.2, 0.25) is 0 Å². The lowest BCUT2D eigenvalue weighted by molar-refractivity contribution is 0.0951. The maximum Gasteiger partial charge on any atom is 0.251 e. The Morgan fingerprint density at radius 1 is 1.00 bits per heavy atom. The Morgan fingerprint density at radius 2 is 1.79 bits per heavy atom. The lowest BCUT2D eigenvalue weighted by atomic mass is 10.1. The van der Waals surface area contributed by atoms with Crippen LogP contribution in [0.2, 0.25) is 0 Å². The first-order valence-corrected chi connectivity index (χ1v) is 9.33. The molecule has 0 spiro atoms. The van der Waals surface area contributed by atoms with Crippen LogP contribution in [0.4, 0.5) is 11.5 Å². The topological polar surface area (TPSA) is 71.3 Å². The number of benzene rings is 2. The van der Waals surface area contributed by atoms with Crippen molar-refractivity contribution in [1.29, 1.82) is 0 Å². The molecule has 4 aromatic rings. The van der Waals surface area contributed by atoms with Gasteiger partial charge in [-0.2, -0.15) is 0 Å². The zero-order valence-corrected chi connectivity index (χ0v) is 15.2. The van der Waals surface area contributed by atoms with Gasteiger partial charge in [-0.3, -0.25) is 9.20 Å². The number of carbonyl (C=O) groups is 1. The monoisotopic (exact) mass is 369 g/mol. The molecule has 2 N–H and O–H groups in total. The second-order valence-corrected chi connectivity index (χ2v) is 6.93. The Morgan fingerprint density at radius 3 is 2.54 bits per heavy atom. The molecule has 1 fully saturated rings. The summed E-state index contributed by atoms with van der Waals surface area (Å²) in [6.45, 7) is 0. The second-order valence-electron chi connectivity index (χ2n) is 6.93. The number of carbonyl (C=O) groups excluding carboxylic acids is 1. The molecule has 0 saturated heterocycles. The molecule has 5 rings (SSSR count). The molecule has 6 heteroatoms. The Bertz CT molecular complexity index is 1130. The van der Waals surface area contributed by atoms with Crippen molar-refractivity contribution in [1.82, 2.24) is 19.7 Å². The van der Waals surface area contributed by atoms with Gasteiger partial charge < -0.3 is 10.6 Å². The maximum absolute atomic E-state index is 12.2. The van der Waals surface area contributed by atoms with E-state index in [0.717, 1.165) is 35.4 Å². The zero-order valence-electron chi connectivity index (χ0n) is 15.2. The van der Waals surface area contributed by atoms with Crippen LogP contribution in [0.3, 0.4) is 0 Å². The third-order valence-electron chi connectivity index (χ3n) is 4.82. The van der Waals surface area contributed by atoms with Crippen molar-refractivity contribution in [2.24, 2.45) is 0 Å². The van der Waals surface area contributed by atoms with Crippen molar-refractivity contribution in [3.63, 3.8) is 0 Å². The number of rotatable bonds is 5. The van der Waals surface area contributed by atoms with Crippen molar-refractivity contribution < 1.29 is 4.79 Å². The van der Waals surface area contributed by atoms with Crippen LogP contribution in [-0.2, 0) is 0 Å². The average Bonchev–Trinajstić information content (AvgIpc) is 3.44. The first-order valence-electron chi connectivity index (χ1n) is 9.33. The average molecular weight is 369 g/mol. The number of para-hydroxylation sites is 1. The summed E-state index contributed by atoms with van der Waals surface area (Å²) in [5.74, 6) is 0.686. The molecule has 1 saturated carbocycles. The molecule has 1 amide bonds. The van der Waals surface area contributed by atoms with E-state index in [1.807, 2.05) is 71.4 Å². The van der Waals surface area contributed by atoms with Crippen LogP contribution in [0.5, 0.6) is 0 Å². The minimum Gasteiger partial charge on any atom is -0.349 e. The largest absolute Gasteiger partial charge is 0.349 e. The molecule has 138 valence electrons. The number of anilines is 2. The van der Waals surface area contributed by atoms with Crippen molar-refractivity contribution in [2.45, 2.75) is 18.9 Å². The number of aromatic nitrogens is 3. The van der Waals surface area contributed by atoms with Gasteiger partial charge in [-0.15, -0.1) is 0 Å². The Kier molecular flexibility index (Phi) is 4.01. The molecule has 1 aliphatic rings. The van der Waals surface area contributed by atoms with Crippen LogP contribution < -0.4 is 10.6 Å². The Labute approximate surface area is 162 Å². The molecule has 0 radical (unpaired) electrons. The number of hydrogen-bond donors (Lipinski definition) is 2. The van der Waals surface area contributed by atoms with E-state index in [0.29, 0.717) is 17.4 Å². The molecule has 6 nitrogen and oxygen atoms in total. The highest BCUT2D eigenvalue weighted by molar-refractivity contribution is 5.95. The quantitative estimate of drug-likeness (QED) is 0.557. The molecular weight excluding hydrogens is 350 g/mol. The minimum atomic E-state index is -0.00857. The molecule has 0 atom stereocenters. The van der Waals surface area contributed by atoms with E-state index in [4.69, 9.17) is 0 Å². The van der Waals surface area contributed by atoms with E-state index in [-0.39, 0.29) is 5.91 Å². The normalized spacial score (nSPS) is 13.4. The summed E-state index contributed by atoms with van der Waals surface area (Å²) in [4.78, 5) is 21.2. The summed E-state index contributed by atoms with van der Waals surface area (Å²) in [5, 5.41) is 6.32. The van der Waals surface area contributed by atoms with Gasteiger partial charge in [-0.25, -0.2) is 9.97 Å². The summed E-state index contributed by atoms with van der Waals surface area (Å²) in [6, 6.07) is 17.9. The fourth-order valence-electron chi connectivity index (χ4n) is 3.17. The van der Waals surface area contributed by atoms with Crippen LogP contribution in [0.15, 0.2) is 73.2 Å². The lowest BCUT2D eigenvalue weighted by Gasteiger charge is -2.08. The summed E-state index contributed by atoms with van der Waals surface area (Å²) in [7, 11) is 0. The molecular formula is C22H19N5O. The van der Waals surface area contributed by atoms with Gasteiger partial charge in [0.1, 0.15) is 0 Å². The van der Waals surface area contributed by atoms with Gasteiger partial charge >= 0.3 is 0 Å². The van der Waals surface area contributed by atoms with Crippen molar-refractivity contribution in [3.05, 3.63) is 78.8 Å². The standard InChI is InChI=1S/C22H19N5O/c28-22(26-18-10-11-18)16-8-6-15(7-9-16)19-14-24-21-20(23-12-13-27(19)21)25-17-4-2-1-3-5-17/h1-9,12-14,18H,10-11H2,(H,23,25)(H,26,28). The number of fused-ring (bicyclic) bond motifs is 1. The van der Waals surface area contributed by atoms with Crippen LogP contribution in [-0.4, -0.2) is 26.3 Å². The molecule has 28 heavy (non-hydrogen) atoms. The first-order chi connectivity index (χ1) is 13.8. The predicted octanol–water partition coefficient (Wildman–Crippen LogP) is 4.03. The molecule has 2 heterocycles. The summed E-state index contributed by atoms with van der Waals surface area (Å²) < 4.78 is 2.00. The van der Waals surface area contributed by atoms with Gasteiger partial charge in [0.25, 0.3) is 5.91 Å². The Balaban J connectivity index is 1.44. The van der Waals surface area contributed by atoms with E-state index >= 15 is 0 Å². The molecule has 2 aromatic carbocycles. The predicted molar refractivity (Wildman–Crippen MR) is 109 cm³/mol. The molecule has 0 bridgehead atoms. The van der Waals surface area contributed by atoms with E-state index in [1.54, 1.807) is 6.20 Å². The molecule has 0 unspecified atom stereocenters. The number of imidazole rings is 1. The van der Waals surface area contributed by atoms with Gasteiger partial charge in [0.05, 0.1) is 11.9 Å². The highest BCUT2D eigenvalue weighted by atomic mass is 16.1. The van der Waals surface area contributed by atoms with Gasteiger partial charge in [-0.05, 0) is 37.1 Å². The lowest BCUT2D eigenvalue weighted by Crippen LogP contribution is -2.25. The fraction of sp³-hybridized carbons (Fsp3) is 0.136. The van der Waals surface area contributed by atoms with Gasteiger partial charge in [0, 0.05) is 35.2 Å². The number of nitrogens with one attached hydrogen (secondary N) is 2. The van der Waals surface area contributed by atoms with Gasteiger partial charge in [-0.1, -0.05) is 30.3 Å². The van der Waals surface area contributed by atoms with E-state index in [9.17, 15) is 4.79 Å². The van der Waals surface area contributed by atoms with Crippen molar-refractivity contribution >= 4 is 23.1 Å². The smallest absolute Gasteiger partial charge is 0.251 e. The molecule has 2 aromatic heterocycles. The van der Waals surface area contributed by atoms with E-state index in [2.05, 4.69) is 20.6 Å². The summed E-state index contributed by atoms with van der Waals surface area (Å²) in [5.41, 5.74) is 4.32. The second kappa shape index (κ2) is 6.81. The molecule has 1 aliphatic carbocycles. The third kappa shape index (κ3) is 3.20.